The molecule has 19 heavy (non-hydrogen) atoms. The summed E-state index contributed by atoms with van der Waals surface area (Å²) in [6.07, 6.45) is 4.98. The molecule has 1 aromatic rings. The molecule has 0 fully saturated rings. The Balaban J connectivity index is 3.52. The molecule has 0 aliphatic rings. The number of terminal acetylenes is 1. The highest BCUT2D eigenvalue weighted by atomic mass is 35.5. The van der Waals surface area contributed by atoms with Gasteiger partial charge in [0.2, 0.25) is 10.0 Å². The second-order valence-corrected chi connectivity index (χ2v) is 5.99. The number of hydrogen-bond acceptors (Lipinski definition) is 3. The highest BCUT2D eigenvalue weighted by molar-refractivity contribution is 7.89. The fourth-order valence-corrected chi connectivity index (χ4v) is 2.76. The summed E-state index contributed by atoms with van der Waals surface area (Å²) in [5, 5.41) is 8.58. The van der Waals surface area contributed by atoms with Crippen LogP contribution >= 0.6 is 11.6 Å². The molecule has 0 unspecified atom stereocenters. The van der Waals surface area contributed by atoms with E-state index in [1.807, 2.05) is 0 Å². The molecule has 1 aromatic carbocycles. The molecule has 0 radical (unpaired) electrons. The first kappa shape index (κ1) is 15.4. The van der Waals surface area contributed by atoms with Crippen LogP contribution in [0.25, 0.3) is 0 Å². The molecule has 0 amide bonds. The molecule has 0 heterocycles. The molecule has 0 aliphatic heterocycles. The molecule has 0 saturated carbocycles. The van der Waals surface area contributed by atoms with Crippen LogP contribution in [0.3, 0.4) is 0 Å². The van der Waals surface area contributed by atoms with Crippen LogP contribution in [0, 0.1) is 18.2 Å². The van der Waals surface area contributed by atoms with Gasteiger partial charge in [0.1, 0.15) is 4.90 Å². The Labute approximate surface area is 114 Å². The van der Waals surface area contributed by atoms with Gasteiger partial charge in [-0.05, 0) is 12.1 Å². The lowest BCUT2D eigenvalue weighted by molar-refractivity contribution is 0.0691. The minimum atomic E-state index is -4.24. The van der Waals surface area contributed by atoms with Crippen LogP contribution in [0.2, 0.25) is 5.02 Å². The zero-order valence-corrected chi connectivity index (χ0v) is 11.3. The van der Waals surface area contributed by atoms with E-state index >= 15 is 0 Å². The molecule has 0 aliphatic carbocycles. The van der Waals surface area contributed by atoms with Crippen LogP contribution < -0.4 is 0 Å². The monoisotopic (exact) mass is 305 g/mol. The third-order valence-corrected chi connectivity index (χ3v) is 4.26. The topological polar surface area (TPSA) is 74.7 Å². The molecule has 102 valence electrons. The third-order valence-electron chi connectivity index (χ3n) is 2.24. The maximum Gasteiger partial charge on any atom is 0.338 e. The lowest BCUT2D eigenvalue weighted by atomic mass is 10.2. The summed E-state index contributed by atoms with van der Waals surface area (Å²) in [5.74, 6) is -0.899. The first-order valence-electron chi connectivity index (χ1n) is 4.84. The molecular weight excluding hydrogens is 297 g/mol. The molecule has 0 bridgehead atoms. The van der Waals surface area contributed by atoms with Gasteiger partial charge in [-0.25, -0.2) is 17.6 Å². The van der Waals surface area contributed by atoms with Gasteiger partial charge in [-0.3, -0.25) is 0 Å². The standard InChI is InChI=1S/C11H9ClFNO4S/c1-3-4-14(2)19(17,18)9-6-7(12)5-8(10(9)13)11(15)16/h1,5-6H,4H2,2H3,(H,15,16). The van der Waals surface area contributed by atoms with E-state index in [1.54, 1.807) is 0 Å². The summed E-state index contributed by atoms with van der Waals surface area (Å²) in [7, 11) is -3.09. The number of carboxylic acids is 1. The highest BCUT2D eigenvalue weighted by Crippen LogP contribution is 2.25. The Hall–Kier alpha value is -1.62. The first-order valence-corrected chi connectivity index (χ1v) is 6.65. The highest BCUT2D eigenvalue weighted by Gasteiger charge is 2.28. The number of carbonyl (C=O) groups is 1. The fourth-order valence-electron chi connectivity index (χ4n) is 1.29. The quantitative estimate of drug-likeness (QED) is 0.854. The number of carboxylic acid groups (broad SMARTS) is 1. The van der Waals surface area contributed by atoms with Gasteiger partial charge in [0, 0.05) is 12.1 Å². The number of aromatic carboxylic acids is 1. The summed E-state index contributed by atoms with van der Waals surface area (Å²) in [4.78, 5) is 9.99. The van der Waals surface area contributed by atoms with E-state index in [9.17, 15) is 17.6 Å². The molecule has 0 aromatic heterocycles. The van der Waals surface area contributed by atoms with Gasteiger partial charge in [0.25, 0.3) is 0 Å². The minimum absolute atomic E-state index is 0.202. The zero-order chi connectivity index (χ0) is 14.8. The van der Waals surface area contributed by atoms with Crippen molar-refractivity contribution in [1.29, 1.82) is 0 Å². The summed E-state index contributed by atoms with van der Waals surface area (Å²) in [5.41, 5.74) is -0.819. The molecule has 1 rings (SSSR count). The van der Waals surface area contributed by atoms with E-state index < -0.39 is 32.3 Å². The summed E-state index contributed by atoms with van der Waals surface area (Å²) in [6, 6.07) is 1.67. The van der Waals surface area contributed by atoms with Crippen LogP contribution in [0.4, 0.5) is 4.39 Å². The van der Waals surface area contributed by atoms with Crippen LogP contribution in [0.1, 0.15) is 10.4 Å². The Morgan fingerprint density at radius 2 is 2.16 bits per heavy atom. The number of rotatable bonds is 4. The number of halogens is 2. The maximum absolute atomic E-state index is 13.9. The van der Waals surface area contributed by atoms with E-state index in [2.05, 4.69) is 5.92 Å². The van der Waals surface area contributed by atoms with Crippen molar-refractivity contribution in [2.75, 3.05) is 13.6 Å². The maximum atomic E-state index is 13.9. The predicted molar refractivity (Wildman–Crippen MR) is 67.0 cm³/mol. The Morgan fingerprint density at radius 3 is 2.63 bits per heavy atom. The number of hydrogen-bond donors (Lipinski definition) is 1. The summed E-state index contributed by atoms with van der Waals surface area (Å²) < 4.78 is 38.6. The average molecular weight is 306 g/mol. The summed E-state index contributed by atoms with van der Waals surface area (Å²) >= 11 is 5.60. The van der Waals surface area contributed by atoms with Crippen molar-refractivity contribution in [2.45, 2.75) is 4.90 Å². The molecule has 5 nitrogen and oxygen atoms in total. The van der Waals surface area contributed by atoms with Gasteiger partial charge in [-0.15, -0.1) is 6.42 Å². The zero-order valence-electron chi connectivity index (χ0n) is 9.72. The minimum Gasteiger partial charge on any atom is -0.478 e. The second kappa shape index (κ2) is 5.57. The average Bonchev–Trinajstić information content (AvgIpc) is 2.31. The van der Waals surface area contributed by atoms with E-state index in [1.165, 1.54) is 0 Å². The van der Waals surface area contributed by atoms with Crippen molar-refractivity contribution in [3.05, 3.63) is 28.5 Å². The van der Waals surface area contributed by atoms with Crippen LogP contribution in [-0.4, -0.2) is 37.4 Å². The van der Waals surface area contributed by atoms with Gasteiger partial charge in [0.05, 0.1) is 12.1 Å². The smallest absolute Gasteiger partial charge is 0.338 e. The molecule has 8 heteroatoms. The van der Waals surface area contributed by atoms with E-state index in [0.717, 1.165) is 19.2 Å². The van der Waals surface area contributed by atoms with Gasteiger partial charge in [-0.1, -0.05) is 17.5 Å². The van der Waals surface area contributed by atoms with Crippen molar-refractivity contribution in [1.82, 2.24) is 4.31 Å². The normalized spacial score (nSPS) is 11.3. The molecule has 1 N–H and O–H groups in total. The van der Waals surface area contributed by atoms with E-state index in [-0.39, 0.29) is 11.6 Å². The molecule has 0 saturated heterocycles. The lowest BCUT2D eigenvalue weighted by Crippen LogP contribution is -2.28. The van der Waals surface area contributed by atoms with Crippen LogP contribution in [0.15, 0.2) is 17.0 Å². The number of sulfonamides is 1. The van der Waals surface area contributed by atoms with Gasteiger partial charge < -0.3 is 5.11 Å². The van der Waals surface area contributed by atoms with Crippen molar-refractivity contribution in [2.24, 2.45) is 0 Å². The molecule has 0 atom stereocenters. The van der Waals surface area contributed by atoms with Gasteiger partial charge in [0.15, 0.2) is 5.82 Å². The van der Waals surface area contributed by atoms with Crippen molar-refractivity contribution >= 4 is 27.6 Å². The first-order chi connectivity index (χ1) is 8.71. The fraction of sp³-hybridized carbons (Fsp3) is 0.182. The van der Waals surface area contributed by atoms with Crippen molar-refractivity contribution < 1.29 is 22.7 Å². The second-order valence-electron chi connectivity index (χ2n) is 3.54. The Bertz CT molecular complexity index is 666. The number of nitrogens with zero attached hydrogens (tertiary/aromatic N) is 1. The predicted octanol–water partition coefficient (Wildman–Crippen LogP) is 1.43. The van der Waals surface area contributed by atoms with Crippen molar-refractivity contribution in [3.8, 4) is 12.3 Å². The van der Waals surface area contributed by atoms with Gasteiger partial charge >= 0.3 is 5.97 Å². The number of benzene rings is 1. The van der Waals surface area contributed by atoms with Crippen LogP contribution in [-0.2, 0) is 10.0 Å². The largest absolute Gasteiger partial charge is 0.478 e. The van der Waals surface area contributed by atoms with E-state index in [4.69, 9.17) is 23.1 Å². The Morgan fingerprint density at radius 1 is 1.58 bits per heavy atom. The third kappa shape index (κ3) is 3.04. The lowest BCUT2D eigenvalue weighted by Gasteiger charge is -2.15. The molecular formula is C11H9ClFNO4S. The van der Waals surface area contributed by atoms with Crippen LogP contribution in [0.5, 0.6) is 0 Å². The van der Waals surface area contributed by atoms with Gasteiger partial charge in [-0.2, -0.15) is 4.31 Å². The Kier molecular flexibility index (Phi) is 4.52. The SMILES string of the molecule is C#CCN(C)S(=O)(=O)c1cc(Cl)cc(C(=O)O)c1F. The van der Waals surface area contributed by atoms with Crippen molar-refractivity contribution in [3.63, 3.8) is 0 Å². The summed E-state index contributed by atoms with van der Waals surface area (Å²) in [6.45, 7) is -0.281. The van der Waals surface area contributed by atoms with E-state index in [0.29, 0.717) is 4.31 Å². The molecule has 0 spiro atoms.